The lowest BCUT2D eigenvalue weighted by Crippen LogP contribution is -2.09. The van der Waals surface area contributed by atoms with Crippen LogP contribution in [0.1, 0.15) is 28.1 Å². The van der Waals surface area contributed by atoms with Gasteiger partial charge in [0.15, 0.2) is 5.78 Å². The van der Waals surface area contributed by atoms with E-state index in [1.807, 2.05) is 6.92 Å². The van der Waals surface area contributed by atoms with Crippen LogP contribution in [0.25, 0.3) is 0 Å². The zero-order valence-electron chi connectivity index (χ0n) is 11.1. The topological polar surface area (TPSA) is 50.1 Å². The van der Waals surface area contributed by atoms with Crippen LogP contribution in [0.15, 0.2) is 38.6 Å². The summed E-state index contributed by atoms with van der Waals surface area (Å²) in [6, 6.07) is 10.9. The molecule has 0 aliphatic carbocycles. The summed E-state index contributed by atoms with van der Waals surface area (Å²) in [5.41, 5.74) is 0.673. The third-order valence-corrected chi connectivity index (χ3v) is 6.07. The number of halogens is 2. The molecule has 0 radical (unpaired) electrons. The van der Waals surface area contributed by atoms with E-state index in [9.17, 15) is 10.1 Å². The van der Waals surface area contributed by atoms with Crippen LogP contribution in [-0.2, 0) is 0 Å². The van der Waals surface area contributed by atoms with Crippen LogP contribution in [0.2, 0.25) is 0 Å². The first-order valence-electron chi connectivity index (χ1n) is 6.18. The number of nitrogens with zero attached hydrogens (tertiary/aromatic N) is 1. The summed E-state index contributed by atoms with van der Waals surface area (Å²) < 4.78 is 7.02. The molecule has 0 N–H and O–H groups in total. The minimum Gasteiger partial charge on any atom is -0.494 e. The van der Waals surface area contributed by atoms with E-state index in [2.05, 4.69) is 37.9 Å². The predicted molar refractivity (Wildman–Crippen MR) is 90.0 cm³/mol. The first-order chi connectivity index (χ1) is 10.1. The number of benzene rings is 1. The van der Waals surface area contributed by atoms with Crippen molar-refractivity contribution in [2.24, 2.45) is 0 Å². The summed E-state index contributed by atoms with van der Waals surface area (Å²) in [6.45, 7) is 2.49. The number of rotatable bonds is 5. The molecule has 1 aromatic heterocycles. The van der Waals surface area contributed by atoms with Gasteiger partial charge in [0.1, 0.15) is 11.7 Å². The van der Waals surface area contributed by atoms with E-state index >= 15 is 0 Å². The molecule has 0 spiro atoms. The lowest BCUT2D eigenvalue weighted by Gasteiger charge is -2.08. The van der Waals surface area contributed by atoms with E-state index in [4.69, 9.17) is 4.74 Å². The smallest absolute Gasteiger partial charge is 0.194 e. The summed E-state index contributed by atoms with van der Waals surface area (Å²) in [7, 11) is 0. The van der Waals surface area contributed by atoms with Crippen LogP contribution in [0.3, 0.4) is 0 Å². The van der Waals surface area contributed by atoms with Gasteiger partial charge < -0.3 is 4.74 Å². The summed E-state index contributed by atoms with van der Waals surface area (Å²) in [5, 5.41) is 9.34. The quantitative estimate of drug-likeness (QED) is 0.617. The highest BCUT2D eigenvalue weighted by molar-refractivity contribution is 9.13. The maximum atomic E-state index is 12.5. The Balaban J connectivity index is 2.27. The van der Waals surface area contributed by atoms with Gasteiger partial charge in [-0.05, 0) is 62.5 Å². The summed E-state index contributed by atoms with van der Waals surface area (Å²) in [5.74, 6) is -0.275. The normalized spacial score (nSPS) is 11.7. The highest BCUT2D eigenvalue weighted by Gasteiger charge is 2.24. The first kappa shape index (κ1) is 16.2. The molecule has 2 aromatic rings. The van der Waals surface area contributed by atoms with Crippen LogP contribution in [0.4, 0.5) is 0 Å². The summed E-state index contributed by atoms with van der Waals surface area (Å²) >= 11 is 8.03. The van der Waals surface area contributed by atoms with Crippen LogP contribution >= 0.6 is 43.2 Å². The molecule has 1 aromatic carbocycles. The van der Waals surface area contributed by atoms with Gasteiger partial charge in [0, 0.05) is 4.47 Å². The van der Waals surface area contributed by atoms with Crippen molar-refractivity contribution < 1.29 is 9.53 Å². The fraction of sp³-hybridized carbons (Fsp3) is 0.200. The molecule has 0 aliphatic rings. The van der Waals surface area contributed by atoms with Gasteiger partial charge in [-0.3, -0.25) is 4.79 Å². The number of carbonyl (C=O) groups excluding carboxylic acids is 1. The van der Waals surface area contributed by atoms with Gasteiger partial charge in [-0.1, -0.05) is 12.1 Å². The minimum atomic E-state index is -0.807. The number of ether oxygens (including phenoxy) is 1. The average Bonchev–Trinajstić information content (AvgIpc) is 2.81. The molecule has 6 heteroatoms. The van der Waals surface area contributed by atoms with E-state index in [1.165, 1.54) is 11.3 Å². The van der Waals surface area contributed by atoms with Crippen molar-refractivity contribution in [3.05, 3.63) is 49.0 Å². The van der Waals surface area contributed by atoms with Crippen LogP contribution < -0.4 is 4.74 Å². The average molecular weight is 429 g/mol. The third kappa shape index (κ3) is 3.73. The molecule has 1 unspecified atom stereocenters. The molecule has 0 saturated carbocycles. The largest absolute Gasteiger partial charge is 0.494 e. The van der Waals surface area contributed by atoms with Crippen molar-refractivity contribution in [3.63, 3.8) is 0 Å². The van der Waals surface area contributed by atoms with Gasteiger partial charge in [0.2, 0.25) is 0 Å². The van der Waals surface area contributed by atoms with Crippen molar-refractivity contribution in [1.82, 2.24) is 0 Å². The molecular formula is C15H11Br2NO2S. The van der Waals surface area contributed by atoms with E-state index in [0.29, 0.717) is 17.0 Å². The molecule has 0 bridgehead atoms. The summed E-state index contributed by atoms with van der Waals surface area (Å²) in [4.78, 5) is 13.0. The highest BCUT2D eigenvalue weighted by Crippen LogP contribution is 2.35. The number of Topliss-reactive ketones (excluding diaryl/α,β-unsaturated/α-hetero) is 1. The first-order valence-corrected chi connectivity index (χ1v) is 8.58. The van der Waals surface area contributed by atoms with E-state index in [-0.39, 0.29) is 5.78 Å². The maximum Gasteiger partial charge on any atom is 0.194 e. The fourth-order valence-corrected chi connectivity index (χ4v) is 3.82. The number of nitriles is 1. The van der Waals surface area contributed by atoms with Crippen molar-refractivity contribution in [2.45, 2.75) is 12.8 Å². The van der Waals surface area contributed by atoms with Gasteiger partial charge in [0.25, 0.3) is 0 Å². The molecule has 0 amide bonds. The van der Waals surface area contributed by atoms with Crippen molar-refractivity contribution in [1.29, 1.82) is 5.26 Å². The van der Waals surface area contributed by atoms with Crippen LogP contribution in [0, 0.1) is 11.3 Å². The summed E-state index contributed by atoms with van der Waals surface area (Å²) in [6.07, 6.45) is 0. The monoisotopic (exact) mass is 427 g/mol. The molecule has 1 atom stereocenters. The standard InChI is InChI=1S/C15H11Br2NO2S/c1-2-20-10-5-3-9(4-6-10)11(8-18)14(19)13-7-12(16)15(17)21-13/h3-7,11H,2H2,1H3. The Kier molecular flexibility index (Phi) is 5.57. The predicted octanol–water partition coefficient (Wildman–Crippen LogP) is 5.16. The number of ketones is 1. The second-order valence-electron chi connectivity index (χ2n) is 4.16. The molecule has 0 saturated heterocycles. The van der Waals surface area contributed by atoms with E-state index < -0.39 is 5.92 Å². The Bertz CT molecular complexity index is 669. The molecular weight excluding hydrogens is 418 g/mol. The van der Waals surface area contributed by atoms with Gasteiger partial charge in [0.05, 0.1) is 21.3 Å². The second-order valence-corrected chi connectivity index (χ2v) is 7.39. The minimum absolute atomic E-state index is 0.196. The molecule has 1 heterocycles. The number of hydrogen-bond acceptors (Lipinski definition) is 4. The SMILES string of the molecule is CCOc1ccc(C(C#N)C(=O)c2cc(Br)c(Br)s2)cc1. The fourth-order valence-electron chi connectivity index (χ4n) is 1.82. The van der Waals surface area contributed by atoms with Crippen LogP contribution in [0.5, 0.6) is 5.75 Å². The van der Waals surface area contributed by atoms with Crippen molar-refractivity contribution in [3.8, 4) is 11.8 Å². The Morgan fingerprint density at radius 2 is 2.05 bits per heavy atom. The Morgan fingerprint density at radius 3 is 2.52 bits per heavy atom. The third-order valence-electron chi connectivity index (χ3n) is 2.80. The Labute approximate surface area is 143 Å². The van der Waals surface area contributed by atoms with Gasteiger partial charge in [-0.15, -0.1) is 11.3 Å². The van der Waals surface area contributed by atoms with E-state index in [1.54, 1.807) is 30.3 Å². The van der Waals surface area contributed by atoms with Gasteiger partial charge in [-0.25, -0.2) is 0 Å². The van der Waals surface area contributed by atoms with Crippen molar-refractivity contribution in [2.75, 3.05) is 6.61 Å². The number of hydrogen-bond donors (Lipinski definition) is 0. The Hall–Kier alpha value is -1.16. The molecule has 3 nitrogen and oxygen atoms in total. The Morgan fingerprint density at radius 1 is 1.38 bits per heavy atom. The number of carbonyl (C=O) groups is 1. The van der Waals surface area contributed by atoms with E-state index in [0.717, 1.165) is 14.0 Å². The van der Waals surface area contributed by atoms with Gasteiger partial charge in [-0.2, -0.15) is 5.26 Å². The number of thiophene rings is 1. The zero-order chi connectivity index (χ0) is 15.4. The van der Waals surface area contributed by atoms with Crippen molar-refractivity contribution >= 4 is 49.0 Å². The van der Waals surface area contributed by atoms with Gasteiger partial charge >= 0.3 is 0 Å². The maximum absolute atomic E-state index is 12.5. The molecule has 2 rings (SSSR count). The second kappa shape index (κ2) is 7.21. The molecule has 0 fully saturated rings. The highest BCUT2D eigenvalue weighted by atomic mass is 79.9. The lowest BCUT2D eigenvalue weighted by atomic mass is 9.95. The molecule has 21 heavy (non-hydrogen) atoms. The zero-order valence-corrected chi connectivity index (χ0v) is 15.1. The molecule has 0 aliphatic heterocycles. The lowest BCUT2D eigenvalue weighted by molar-refractivity contribution is 0.0982. The molecule has 108 valence electrons. The van der Waals surface area contributed by atoms with Crippen LogP contribution in [-0.4, -0.2) is 12.4 Å².